The number of benzene rings is 1. The predicted octanol–water partition coefficient (Wildman–Crippen LogP) is 0.544. The van der Waals surface area contributed by atoms with Gasteiger partial charge in [-0.3, -0.25) is 9.59 Å². The normalized spacial score (nSPS) is 11.2. The maximum atomic E-state index is 12.0. The quantitative estimate of drug-likeness (QED) is 0.605. The summed E-state index contributed by atoms with van der Waals surface area (Å²) >= 11 is 0. The van der Waals surface area contributed by atoms with E-state index in [1.165, 1.54) is 24.3 Å². The summed E-state index contributed by atoms with van der Waals surface area (Å²) in [7, 11) is -4.09. The van der Waals surface area contributed by atoms with Crippen LogP contribution >= 0.6 is 0 Å². The van der Waals surface area contributed by atoms with Gasteiger partial charge in [0.25, 0.3) is 0 Å². The Labute approximate surface area is 123 Å². The maximum Gasteiger partial charge on any atom is 0.324 e. The Morgan fingerprint density at radius 2 is 1.57 bits per heavy atom. The van der Waals surface area contributed by atoms with E-state index in [-0.39, 0.29) is 23.7 Å². The lowest BCUT2D eigenvalue weighted by molar-refractivity contribution is -0.157. The third-order valence-corrected chi connectivity index (χ3v) is 3.57. The molecule has 1 aromatic carbocycles. The Hall–Kier alpha value is -1.93. The number of sulfonamides is 1. The summed E-state index contributed by atoms with van der Waals surface area (Å²) in [6.45, 7) is 3.25. The van der Waals surface area contributed by atoms with Gasteiger partial charge in [0.05, 0.1) is 18.1 Å². The van der Waals surface area contributed by atoms with E-state index in [1.807, 2.05) is 0 Å². The largest absolute Gasteiger partial charge is 0.465 e. The van der Waals surface area contributed by atoms with Crippen LogP contribution in [0.5, 0.6) is 0 Å². The third-order valence-electron chi connectivity index (χ3n) is 2.58. The van der Waals surface area contributed by atoms with Gasteiger partial charge in [0, 0.05) is 0 Å². The van der Waals surface area contributed by atoms with Crippen molar-refractivity contribution < 1.29 is 27.5 Å². The van der Waals surface area contributed by atoms with Crippen LogP contribution in [0.4, 0.5) is 0 Å². The standard InChI is InChI=1S/C13H17NO6S/c1-3-19-12(15)11(13(16)20-4-2)9-7-5-6-8-10(9)21(14,17)18/h5-8,11H,3-4H2,1-2H3,(H2,14,17,18). The van der Waals surface area contributed by atoms with Crippen molar-refractivity contribution in [3.63, 3.8) is 0 Å². The van der Waals surface area contributed by atoms with E-state index < -0.39 is 27.9 Å². The van der Waals surface area contributed by atoms with Gasteiger partial charge in [0.1, 0.15) is 0 Å². The number of nitrogens with two attached hydrogens (primary N) is 1. The summed E-state index contributed by atoms with van der Waals surface area (Å²) in [6, 6.07) is 5.49. The molecule has 0 radical (unpaired) electrons. The zero-order chi connectivity index (χ0) is 16.0. The van der Waals surface area contributed by atoms with Crippen LogP contribution in [0.2, 0.25) is 0 Å². The first-order valence-electron chi connectivity index (χ1n) is 6.27. The smallest absolute Gasteiger partial charge is 0.324 e. The van der Waals surface area contributed by atoms with Crippen molar-refractivity contribution in [2.24, 2.45) is 5.14 Å². The van der Waals surface area contributed by atoms with Crippen LogP contribution < -0.4 is 5.14 Å². The minimum absolute atomic E-state index is 0.0479. The topological polar surface area (TPSA) is 113 Å². The van der Waals surface area contributed by atoms with Gasteiger partial charge in [-0.1, -0.05) is 18.2 Å². The molecule has 0 aliphatic carbocycles. The van der Waals surface area contributed by atoms with Crippen molar-refractivity contribution in [2.45, 2.75) is 24.7 Å². The average molecular weight is 315 g/mol. The Bertz CT molecular complexity index is 607. The molecule has 0 unspecified atom stereocenters. The first-order chi connectivity index (χ1) is 9.82. The molecule has 1 aromatic rings. The highest BCUT2D eigenvalue weighted by Crippen LogP contribution is 2.26. The minimum atomic E-state index is -4.09. The van der Waals surface area contributed by atoms with Gasteiger partial charge in [-0.15, -0.1) is 0 Å². The number of carbonyl (C=O) groups is 2. The molecule has 0 heterocycles. The summed E-state index contributed by atoms with van der Waals surface area (Å²) in [6.07, 6.45) is 0. The molecule has 1 rings (SSSR count). The minimum Gasteiger partial charge on any atom is -0.465 e. The molecule has 0 spiro atoms. The monoisotopic (exact) mass is 315 g/mol. The zero-order valence-electron chi connectivity index (χ0n) is 11.7. The molecule has 0 aliphatic rings. The molecule has 8 heteroatoms. The average Bonchev–Trinajstić information content (AvgIpc) is 2.39. The van der Waals surface area contributed by atoms with Crippen LogP contribution in [-0.4, -0.2) is 33.6 Å². The van der Waals surface area contributed by atoms with E-state index in [2.05, 4.69) is 0 Å². The molecule has 0 aliphatic heterocycles. The highest BCUT2D eigenvalue weighted by Gasteiger charge is 2.35. The van der Waals surface area contributed by atoms with E-state index >= 15 is 0 Å². The van der Waals surface area contributed by atoms with E-state index in [0.29, 0.717) is 0 Å². The van der Waals surface area contributed by atoms with Crippen molar-refractivity contribution in [3.05, 3.63) is 29.8 Å². The number of hydrogen-bond acceptors (Lipinski definition) is 6. The van der Waals surface area contributed by atoms with E-state index in [0.717, 1.165) is 0 Å². The van der Waals surface area contributed by atoms with Crippen LogP contribution in [0.1, 0.15) is 25.3 Å². The molecule has 21 heavy (non-hydrogen) atoms. The molecule has 7 nitrogen and oxygen atoms in total. The number of carbonyl (C=O) groups excluding carboxylic acids is 2. The van der Waals surface area contributed by atoms with Crippen molar-refractivity contribution in [1.82, 2.24) is 0 Å². The second kappa shape index (κ2) is 7.19. The van der Waals surface area contributed by atoms with Gasteiger partial charge in [-0.05, 0) is 25.5 Å². The van der Waals surface area contributed by atoms with Gasteiger partial charge < -0.3 is 9.47 Å². The van der Waals surface area contributed by atoms with Crippen molar-refractivity contribution in [1.29, 1.82) is 0 Å². The highest BCUT2D eigenvalue weighted by atomic mass is 32.2. The van der Waals surface area contributed by atoms with Crippen LogP contribution in [0.3, 0.4) is 0 Å². The summed E-state index contributed by atoms with van der Waals surface area (Å²) < 4.78 is 32.8. The first kappa shape index (κ1) is 17.1. The molecule has 0 atom stereocenters. The molecule has 0 saturated heterocycles. The van der Waals surface area contributed by atoms with E-state index in [1.54, 1.807) is 13.8 Å². The maximum absolute atomic E-state index is 12.0. The summed E-state index contributed by atoms with van der Waals surface area (Å²) in [5.74, 6) is -3.25. The number of esters is 2. The molecular formula is C13H17NO6S. The number of ether oxygens (including phenoxy) is 2. The van der Waals surface area contributed by atoms with Crippen molar-refractivity contribution >= 4 is 22.0 Å². The second-order valence-electron chi connectivity index (χ2n) is 4.02. The van der Waals surface area contributed by atoms with Gasteiger partial charge in [-0.25, -0.2) is 13.6 Å². The fourth-order valence-corrected chi connectivity index (χ4v) is 2.56. The number of primary sulfonamides is 1. The SMILES string of the molecule is CCOC(=O)C(C(=O)OCC)c1ccccc1S(N)(=O)=O. The van der Waals surface area contributed by atoms with Gasteiger partial charge in [0.15, 0.2) is 5.92 Å². The fraction of sp³-hybridized carbons (Fsp3) is 0.385. The van der Waals surface area contributed by atoms with Gasteiger partial charge in [0.2, 0.25) is 10.0 Å². The van der Waals surface area contributed by atoms with E-state index in [9.17, 15) is 18.0 Å². The molecule has 0 aromatic heterocycles. The number of hydrogen-bond donors (Lipinski definition) is 1. The van der Waals surface area contributed by atoms with Gasteiger partial charge in [-0.2, -0.15) is 0 Å². The lowest BCUT2D eigenvalue weighted by atomic mass is 9.99. The van der Waals surface area contributed by atoms with Crippen LogP contribution in [0, 0.1) is 0 Å². The molecule has 0 fully saturated rings. The van der Waals surface area contributed by atoms with Crippen molar-refractivity contribution in [3.8, 4) is 0 Å². The highest BCUT2D eigenvalue weighted by molar-refractivity contribution is 7.89. The summed E-state index contributed by atoms with van der Waals surface area (Å²) in [5.41, 5.74) is -0.0584. The third kappa shape index (κ3) is 4.27. The Kier molecular flexibility index (Phi) is 5.86. The Morgan fingerprint density at radius 3 is 2.00 bits per heavy atom. The number of rotatable bonds is 6. The zero-order valence-corrected chi connectivity index (χ0v) is 12.6. The van der Waals surface area contributed by atoms with Crippen molar-refractivity contribution in [2.75, 3.05) is 13.2 Å². The van der Waals surface area contributed by atoms with Crippen LogP contribution in [-0.2, 0) is 29.1 Å². The van der Waals surface area contributed by atoms with Crippen LogP contribution in [0.15, 0.2) is 29.2 Å². The lowest BCUT2D eigenvalue weighted by Crippen LogP contribution is -2.28. The molecule has 2 N–H and O–H groups in total. The van der Waals surface area contributed by atoms with Gasteiger partial charge >= 0.3 is 11.9 Å². The first-order valence-corrected chi connectivity index (χ1v) is 7.82. The second-order valence-corrected chi connectivity index (χ2v) is 5.55. The summed E-state index contributed by atoms with van der Waals surface area (Å²) in [5, 5.41) is 5.11. The molecule has 0 bridgehead atoms. The predicted molar refractivity (Wildman–Crippen MR) is 73.8 cm³/mol. The lowest BCUT2D eigenvalue weighted by Gasteiger charge is -2.17. The Morgan fingerprint density at radius 1 is 1.10 bits per heavy atom. The molecule has 116 valence electrons. The molecule has 0 amide bonds. The molecular weight excluding hydrogens is 298 g/mol. The molecule has 0 saturated carbocycles. The Balaban J connectivity index is 3.40. The van der Waals surface area contributed by atoms with E-state index in [4.69, 9.17) is 14.6 Å². The summed E-state index contributed by atoms with van der Waals surface area (Å²) in [4.78, 5) is 23.7. The van der Waals surface area contributed by atoms with Crippen LogP contribution in [0.25, 0.3) is 0 Å². The fourth-order valence-electron chi connectivity index (χ4n) is 1.78.